The van der Waals surface area contributed by atoms with Crippen molar-refractivity contribution >= 4 is 33.2 Å². The maximum Gasteiger partial charge on any atom is 0.297 e. The van der Waals surface area contributed by atoms with Gasteiger partial charge in [-0.1, -0.05) is 6.07 Å². The van der Waals surface area contributed by atoms with Gasteiger partial charge in [-0.25, -0.2) is 18.9 Å². The van der Waals surface area contributed by atoms with E-state index in [2.05, 4.69) is 25.7 Å². The van der Waals surface area contributed by atoms with Crippen LogP contribution in [0, 0.1) is 18.7 Å². The standard InChI is InChI=1S/C26H26F2N6O5S/c1-14-7-8-18(40(36,37)39-17-5-4-6-17)12-20(14)31-25(35)22-23(28)33-34-10-9-21(32-24(22)34)30-15(2)19-11-16(27)13-29-26(19)38-3/h7-13,15,17H,4-6H2,1-3H3,(H,30,32)(H,31,35)/t15-/m1/s1. The molecule has 0 radical (unpaired) electrons. The van der Waals surface area contributed by atoms with Gasteiger partial charge in [0.2, 0.25) is 11.8 Å². The summed E-state index contributed by atoms with van der Waals surface area (Å²) in [6.07, 6.45) is 4.33. The number of aromatic nitrogens is 4. The Labute approximate surface area is 228 Å². The normalized spacial score (nSPS) is 14.5. The first kappa shape index (κ1) is 27.4. The third kappa shape index (κ3) is 5.45. The molecule has 2 N–H and O–H groups in total. The molecular formula is C26H26F2N6O5S. The summed E-state index contributed by atoms with van der Waals surface area (Å²) in [5.41, 5.74) is 0.602. The topological polar surface area (TPSA) is 137 Å². The Morgan fingerprint density at radius 1 is 1.20 bits per heavy atom. The monoisotopic (exact) mass is 572 g/mol. The Balaban J connectivity index is 1.41. The molecule has 40 heavy (non-hydrogen) atoms. The van der Waals surface area contributed by atoms with Crippen LogP contribution in [0.15, 0.2) is 47.6 Å². The number of methoxy groups -OCH3 is 1. The number of amides is 1. The van der Waals surface area contributed by atoms with Crippen LogP contribution in [0.5, 0.6) is 5.88 Å². The SMILES string of the molecule is COc1ncc(F)cc1[C@@H](C)Nc1ccn2nc(F)c(C(=O)Nc3cc(S(=O)(=O)OC4CCC4)ccc3C)c2n1. The van der Waals surface area contributed by atoms with Gasteiger partial charge >= 0.3 is 0 Å². The second-order valence-electron chi connectivity index (χ2n) is 9.40. The lowest BCUT2D eigenvalue weighted by atomic mass is 9.97. The highest BCUT2D eigenvalue weighted by Crippen LogP contribution is 2.30. The lowest BCUT2D eigenvalue weighted by Gasteiger charge is -2.24. The van der Waals surface area contributed by atoms with Crippen molar-refractivity contribution in [3.63, 3.8) is 0 Å². The lowest BCUT2D eigenvalue weighted by molar-refractivity contribution is 0.102. The summed E-state index contributed by atoms with van der Waals surface area (Å²) in [5, 5.41) is 9.35. The van der Waals surface area contributed by atoms with Gasteiger partial charge in [0.05, 0.1) is 30.3 Å². The molecule has 5 rings (SSSR count). The number of anilines is 2. The van der Waals surface area contributed by atoms with Crippen LogP contribution in [-0.2, 0) is 14.3 Å². The number of halogens is 2. The maximum absolute atomic E-state index is 14.9. The first-order valence-electron chi connectivity index (χ1n) is 12.4. The minimum absolute atomic E-state index is 0.0914. The van der Waals surface area contributed by atoms with Crippen molar-refractivity contribution in [1.29, 1.82) is 0 Å². The van der Waals surface area contributed by atoms with Gasteiger partial charge in [0.25, 0.3) is 16.0 Å². The average Bonchev–Trinajstić information content (AvgIpc) is 3.22. The van der Waals surface area contributed by atoms with E-state index in [1.807, 2.05) is 0 Å². The van der Waals surface area contributed by atoms with Crippen molar-refractivity contribution < 1.29 is 30.9 Å². The number of benzene rings is 1. The molecule has 1 aromatic carbocycles. The van der Waals surface area contributed by atoms with Crippen molar-refractivity contribution in [3.8, 4) is 5.88 Å². The van der Waals surface area contributed by atoms with Gasteiger partial charge in [-0.15, -0.1) is 5.10 Å². The Kier molecular flexibility index (Phi) is 7.38. The molecule has 0 aliphatic heterocycles. The van der Waals surface area contributed by atoms with Crippen LogP contribution in [0.2, 0.25) is 0 Å². The molecule has 0 spiro atoms. The zero-order valence-corrected chi connectivity index (χ0v) is 22.6. The number of fused-ring (bicyclic) bond motifs is 1. The summed E-state index contributed by atoms with van der Waals surface area (Å²) >= 11 is 0. The summed E-state index contributed by atoms with van der Waals surface area (Å²) in [7, 11) is -2.63. The first-order valence-corrected chi connectivity index (χ1v) is 13.8. The molecular weight excluding hydrogens is 546 g/mol. The maximum atomic E-state index is 14.9. The van der Waals surface area contributed by atoms with Crippen LogP contribution < -0.4 is 15.4 Å². The minimum Gasteiger partial charge on any atom is -0.481 e. The lowest BCUT2D eigenvalue weighted by Crippen LogP contribution is -2.25. The Hall–Kier alpha value is -4.17. The van der Waals surface area contributed by atoms with E-state index in [0.29, 0.717) is 24.0 Å². The number of hydrogen-bond acceptors (Lipinski definition) is 9. The number of nitrogens with zero attached hydrogens (tertiary/aromatic N) is 4. The molecule has 1 atom stereocenters. The van der Waals surface area contributed by atoms with Gasteiger partial charge in [-0.05, 0) is 62.9 Å². The van der Waals surface area contributed by atoms with Gasteiger partial charge in [-0.3, -0.25) is 8.98 Å². The van der Waals surface area contributed by atoms with E-state index in [-0.39, 0.29) is 34.0 Å². The highest BCUT2D eigenvalue weighted by atomic mass is 32.2. The van der Waals surface area contributed by atoms with Crippen molar-refractivity contribution in [3.05, 3.63) is 71.2 Å². The molecule has 3 aromatic heterocycles. The van der Waals surface area contributed by atoms with Crippen LogP contribution >= 0.6 is 0 Å². The van der Waals surface area contributed by atoms with Crippen LogP contribution in [-0.4, -0.2) is 47.1 Å². The van der Waals surface area contributed by atoms with Crippen LogP contribution in [0.25, 0.3) is 5.65 Å². The molecule has 1 fully saturated rings. The van der Waals surface area contributed by atoms with Gasteiger partial charge < -0.3 is 15.4 Å². The molecule has 1 aliphatic carbocycles. The molecule has 11 nitrogen and oxygen atoms in total. The molecule has 1 saturated carbocycles. The summed E-state index contributed by atoms with van der Waals surface area (Å²) < 4.78 is 65.6. The van der Waals surface area contributed by atoms with Gasteiger partial charge in [0.1, 0.15) is 17.2 Å². The quantitative estimate of drug-likeness (QED) is 0.280. The highest BCUT2D eigenvalue weighted by Gasteiger charge is 2.28. The highest BCUT2D eigenvalue weighted by molar-refractivity contribution is 7.86. The number of nitrogens with one attached hydrogen (secondary N) is 2. The Bertz CT molecular complexity index is 1710. The second kappa shape index (κ2) is 10.8. The van der Waals surface area contributed by atoms with Crippen LogP contribution in [0.4, 0.5) is 20.3 Å². The van der Waals surface area contributed by atoms with Gasteiger partial charge in [-0.2, -0.15) is 12.8 Å². The van der Waals surface area contributed by atoms with Crippen LogP contribution in [0.3, 0.4) is 0 Å². The number of carbonyl (C=O) groups excluding carboxylic acids is 1. The molecule has 1 amide bonds. The summed E-state index contributed by atoms with van der Waals surface area (Å²) in [5.74, 6) is -2.03. The second-order valence-corrected chi connectivity index (χ2v) is 11.0. The summed E-state index contributed by atoms with van der Waals surface area (Å²) in [4.78, 5) is 21.4. The third-order valence-corrected chi connectivity index (χ3v) is 7.96. The fourth-order valence-corrected chi connectivity index (χ4v) is 5.34. The number of ether oxygens (including phenoxy) is 1. The summed E-state index contributed by atoms with van der Waals surface area (Å²) in [6, 6.07) is 6.44. The van der Waals surface area contributed by atoms with Crippen molar-refractivity contribution in [2.45, 2.75) is 50.2 Å². The molecule has 0 unspecified atom stereocenters. The molecule has 3 heterocycles. The minimum atomic E-state index is -4.04. The molecule has 210 valence electrons. The summed E-state index contributed by atoms with van der Waals surface area (Å²) in [6.45, 7) is 3.40. The molecule has 14 heteroatoms. The largest absolute Gasteiger partial charge is 0.481 e. The average molecular weight is 573 g/mol. The van der Waals surface area contributed by atoms with E-state index >= 15 is 0 Å². The van der Waals surface area contributed by atoms with E-state index in [1.54, 1.807) is 13.8 Å². The fraction of sp³-hybridized carbons (Fsp3) is 0.308. The van der Waals surface area contributed by atoms with Crippen molar-refractivity contribution in [2.24, 2.45) is 0 Å². The van der Waals surface area contributed by atoms with Crippen molar-refractivity contribution in [2.75, 3.05) is 17.7 Å². The van der Waals surface area contributed by atoms with Crippen molar-refractivity contribution in [1.82, 2.24) is 19.6 Å². The first-order chi connectivity index (χ1) is 19.1. The van der Waals surface area contributed by atoms with Gasteiger partial charge in [0, 0.05) is 17.4 Å². The Morgan fingerprint density at radius 3 is 2.67 bits per heavy atom. The molecule has 0 saturated heterocycles. The predicted octanol–water partition coefficient (Wildman–Crippen LogP) is 4.40. The molecule has 0 bridgehead atoms. The molecule has 4 aromatic rings. The Morgan fingerprint density at radius 2 is 1.98 bits per heavy atom. The fourth-order valence-electron chi connectivity index (χ4n) is 4.18. The zero-order valence-electron chi connectivity index (χ0n) is 21.8. The van der Waals surface area contributed by atoms with E-state index < -0.39 is 39.4 Å². The number of hydrogen-bond donors (Lipinski definition) is 2. The molecule has 1 aliphatic rings. The smallest absolute Gasteiger partial charge is 0.297 e. The number of rotatable bonds is 9. The zero-order chi connectivity index (χ0) is 28.6. The van der Waals surface area contributed by atoms with E-state index in [1.165, 1.54) is 43.6 Å². The van der Waals surface area contributed by atoms with E-state index in [9.17, 15) is 22.0 Å². The van der Waals surface area contributed by atoms with E-state index in [0.717, 1.165) is 17.1 Å². The number of carbonyl (C=O) groups is 1. The van der Waals surface area contributed by atoms with Gasteiger partial charge in [0.15, 0.2) is 5.65 Å². The van der Waals surface area contributed by atoms with E-state index in [4.69, 9.17) is 8.92 Å². The third-order valence-electron chi connectivity index (χ3n) is 6.60. The number of pyridine rings is 1. The number of aryl methyl sites for hydroxylation is 1. The van der Waals surface area contributed by atoms with Crippen LogP contribution in [0.1, 0.15) is 53.7 Å². The predicted molar refractivity (Wildman–Crippen MR) is 141 cm³/mol.